The fraction of sp³-hybridized carbons (Fsp3) is 0.836. The van der Waals surface area contributed by atoms with Crippen molar-refractivity contribution in [3.8, 4) is 0 Å². The standard InChI is InChI=1S/C55H100O6/c1-4-7-10-13-16-19-22-24-25-26-27-28-29-31-33-36-39-42-45-48-54(57)60-51-52(50-59-53(56)47-44-41-38-35-32-21-18-15-12-9-6-3)61-55(58)49-46-43-40-37-34-30-23-20-17-14-11-8-5-2/h16,19,22,24,30,34,52H,4-15,17-18,20-21,23,25-29,31-33,35-51H2,1-3H3/b19-16-,24-22-,34-30-. The zero-order valence-corrected chi connectivity index (χ0v) is 40.7. The third-order valence-corrected chi connectivity index (χ3v) is 11.6. The largest absolute Gasteiger partial charge is 0.462 e. The highest BCUT2D eigenvalue weighted by atomic mass is 16.6. The van der Waals surface area contributed by atoms with Crippen LogP contribution >= 0.6 is 0 Å². The Morgan fingerprint density at radius 3 is 0.967 bits per heavy atom. The minimum absolute atomic E-state index is 0.0762. The Kier molecular flexibility index (Phi) is 48.3. The van der Waals surface area contributed by atoms with Gasteiger partial charge >= 0.3 is 17.9 Å². The zero-order chi connectivity index (χ0) is 44.4. The second-order valence-electron chi connectivity index (χ2n) is 17.8. The number of ether oxygens (including phenoxy) is 3. The maximum Gasteiger partial charge on any atom is 0.306 e. The van der Waals surface area contributed by atoms with Crippen molar-refractivity contribution in [2.45, 2.75) is 284 Å². The average Bonchev–Trinajstić information content (AvgIpc) is 3.26. The molecule has 0 aliphatic rings. The number of rotatable bonds is 48. The Labute approximate surface area is 378 Å². The molecule has 0 radical (unpaired) electrons. The Bertz CT molecular complexity index is 1030. The molecule has 356 valence electrons. The first-order chi connectivity index (χ1) is 30.0. The highest BCUT2D eigenvalue weighted by Gasteiger charge is 2.19. The lowest BCUT2D eigenvalue weighted by molar-refractivity contribution is -0.167. The van der Waals surface area contributed by atoms with Gasteiger partial charge in [-0.3, -0.25) is 14.4 Å². The van der Waals surface area contributed by atoms with Crippen LogP contribution in [0, 0.1) is 0 Å². The van der Waals surface area contributed by atoms with Crippen LogP contribution in [0.5, 0.6) is 0 Å². The number of hydrogen-bond donors (Lipinski definition) is 0. The third kappa shape index (κ3) is 48.5. The molecule has 0 bridgehead atoms. The first-order valence-corrected chi connectivity index (χ1v) is 26.5. The van der Waals surface area contributed by atoms with Crippen LogP contribution in [0.1, 0.15) is 278 Å². The lowest BCUT2D eigenvalue weighted by atomic mass is 10.1. The lowest BCUT2D eigenvalue weighted by Crippen LogP contribution is -2.30. The smallest absolute Gasteiger partial charge is 0.306 e. The molecule has 0 aliphatic carbocycles. The van der Waals surface area contributed by atoms with Gasteiger partial charge in [-0.1, -0.05) is 224 Å². The summed E-state index contributed by atoms with van der Waals surface area (Å²) in [5.41, 5.74) is 0. The van der Waals surface area contributed by atoms with E-state index in [4.69, 9.17) is 14.2 Å². The first-order valence-electron chi connectivity index (χ1n) is 26.5. The van der Waals surface area contributed by atoms with Crippen molar-refractivity contribution in [2.24, 2.45) is 0 Å². The lowest BCUT2D eigenvalue weighted by Gasteiger charge is -2.18. The summed E-state index contributed by atoms with van der Waals surface area (Å²) in [5.74, 6) is -0.886. The van der Waals surface area contributed by atoms with Crippen molar-refractivity contribution in [3.05, 3.63) is 36.5 Å². The Morgan fingerprint density at radius 2 is 0.590 bits per heavy atom. The highest BCUT2D eigenvalue weighted by Crippen LogP contribution is 2.15. The monoisotopic (exact) mass is 857 g/mol. The summed E-state index contributed by atoms with van der Waals surface area (Å²) in [7, 11) is 0. The van der Waals surface area contributed by atoms with Gasteiger partial charge in [0.25, 0.3) is 0 Å². The van der Waals surface area contributed by atoms with Gasteiger partial charge in [0.05, 0.1) is 0 Å². The van der Waals surface area contributed by atoms with Gasteiger partial charge in [0.15, 0.2) is 6.10 Å². The van der Waals surface area contributed by atoms with Crippen LogP contribution in [0.3, 0.4) is 0 Å². The summed E-state index contributed by atoms with van der Waals surface area (Å²) in [6.07, 6.45) is 58.4. The molecule has 0 aromatic carbocycles. The van der Waals surface area contributed by atoms with E-state index in [-0.39, 0.29) is 31.1 Å². The van der Waals surface area contributed by atoms with E-state index in [1.54, 1.807) is 0 Å². The zero-order valence-electron chi connectivity index (χ0n) is 40.7. The molecule has 0 aliphatic heterocycles. The van der Waals surface area contributed by atoms with Crippen molar-refractivity contribution in [2.75, 3.05) is 13.2 Å². The molecule has 0 saturated carbocycles. The molecule has 0 heterocycles. The molecule has 1 atom stereocenters. The van der Waals surface area contributed by atoms with Gasteiger partial charge in [-0.05, 0) is 70.6 Å². The topological polar surface area (TPSA) is 78.9 Å². The van der Waals surface area contributed by atoms with Gasteiger partial charge in [0.1, 0.15) is 13.2 Å². The SMILES string of the molecule is CCCCC/C=C\C=C/CCCCCCCCCCCCC(=O)OCC(COC(=O)CCCCCCCCCCCCC)OC(=O)CCCCC/C=C\CCCCCCCC. The highest BCUT2D eigenvalue weighted by molar-refractivity contribution is 5.71. The number of unbranched alkanes of at least 4 members (excludes halogenated alkanes) is 32. The van der Waals surface area contributed by atoms with Crippen molar-refractivity contribution < 1.29 is 28.6 Å². The van der Waals surface area contributed by atoms with Crippen LogP contribution in [0.15, 0.2) is 36.5 Å². The summed E-state index contributed by atoms with van der Waals surface area (Å²) in [5, 5.41) is 0. The Hall–Kier alpha value is -2.37. The summed E-state index contributed by atoms with van der Waals surface area (Å²) < 4.78 is 16.8. The van der Waals surface area contributed by atoms with E-state index in [1.165, 1.54) is 167 Å². The quantitative estimate of drug-likeness (QED) is 0.0199. The number of hydrogen-bond acceptors (Lipinski definition) is 6. The van der Waals surface area contributed by atoms with E-state index in [0.29, 0.717) is 19.3 Å². The first kappa shape index (κ1) is 58.6. The summed E-state index contributed by atoms with van der Waals surface area (Å²) in [4.78, 5) is 37.9. The van der Waals surface area contributed by atoms with Crippen molar-refractivity contribution in [1.29, 1.82) is 0 Å². The molecule has 0 aromatic heterocycles. The summed E-state index contributed by atoms with van der Waals surface area (Å²) >= 11 is 0. The van der Waals surface area contributed by atoms with E-state index >= 15 is 0 Å². The predicted octanol–water partition coefficient (Wildman–Crippen LogP) is 17.3. The van der Waals surface area contributed by atoms with Gasteiger partial charge in [-0.25, -0.2) is 0 Å². The normalized spacial score (nSPS) is 12.2. The van der Waals surface area contributed by atoms with Crippen LogP contribution < -0.4 is 0 Å². The van der Waals surface area contributed by atoms with Crippen LogP contribution in [-0.2, 0) is 28.6 Å². The fourth-order valence-electron chi connectivity index (χ4n) is 7.60. The molecule has 0 fully saturated rings. The third-order valence-electron chi connectivity index (χ3n) is 11.6. The number of carbonyl (C=O) groups is 3. The van der Waals surface area contributed by atoms with E-state index in [9.17, 15) is 14.4 Å². The number of allylic oxidation sites excluding steroid dienone is 6. The van der Waals surface area contributed by atoms with Gasteiger partial charge in [0.2, 0.25) is 0 Å². The average molecular weight is 857 g/mol. The molecular weight excluding hydrogens is 757 g/mol. The fourth-order valence-corrected chi connectivity index (χ4v) is 7.60. The molecule has 0 rings (SSSR count). The second kappa shape index (κ2) is 50.3. The molecular formula is C55H100O6. The van der Waals surface area contributed by atoms with E-state index in [2.05, 4.69) is 57.2 Å². The second-order valence-corrected chi connectivity index (χ2v) is 17.8. The van der Waals surface area contributed by atoms with Crippen LogP contribution in [0.2, 0.25) is 0 Å². The van der Waals surface area contributed by atoms with E-state index in [0.717, 1.165) is 70.6 Å². The molecule has 0 aromatic rings. The molecule has 0 N–H and O–H groups in total. The Balaban J connectivity index is 4.32. The van der Waals surface area contributed by atoms with Crippen molar-refractivity contribution >= 4 is 17.9 Å². The molecule has 61 heavy (non-hydrogen) atoms. The Morgan fingerprint density at radius 1 is 0.328 bits per heavy atom. The van der Waals surface area contributed by atoms with Gasteiger partial charge in [0, 0.05) is 19.3 Å². The predicted molar refractivity (Wildman–Crippen MR) is 261 cm³/mol. The van der Waals surface area contributed by atoms with E-state index in [1.807, 2.05) is 0 Å². The molecule has 0 saturated heterocycles. The molecule has 6 nitrogen and oxygen atoms in total. The van der Waals surface area contributed by atoms with Gasteiger partial charge in [-0.2, -0.15) is 0 Å². The molecule has 6 heteroatoms. The maximum absolute atomic E-state index is 12.8. The summed E-state index contributed by atoms with van der Waals surface area (Å²) in [6.45, 7) is 6.60. The minimum atomic E-state index is -0.777. The number of esters is 3. The minimum Gasteiger partial charge on any atom is -0.462 e. The molecule has 0 spiro atoms. The molecule has 1 unspecified atom stereocenters. The molecule has 0 amide bonds. The van der Waals surface area contributed by atoms with E-state index < -0.39 is 6.10 Å². The van der Waals surface area contributed by atoms with Crippen LogP contribution in [-0.4, -0.2) is 37.2 Å². The van der Waals surface area contributed by atoms with Crippen LogP contribution in [0.4, 0.5) is 0 Å². The number of carbonyl (C=O) groups excluding carboxylic acids is 3. The maximum atomic E-state index is 12.8. The van der Waals surface area contributed by atoms with Crippen molar-refractivity contribution in [3.63, 3.8) is 0 Å². The van der Waals surface area contributed by atoms with Crippen molar-refractivity contribution in [1.82, 2.24) is 0 Å². The van der Waals surface area contributed by atoms with Gasteiger partial charge < -0.3 is 14.2 Å². The van der Waals surface area contributed by atoms with Crippen LogP contribution in [0.25, 0.3) is 0 Å². The van der Waals surface area contributed by atoms with Gasteiger partial charge in [-0.15, -0.1) is 0 Å². The summed E-state index contributed by atoms with van der Waals surface area (Å²) in [6, 6.07) is 0.